The number of esters is 1. The molecule has 0 aliphatic rings. The Labute approximate surface area is 230 Å². The minimum Gasteiger partial charge on any atom is -1.00 e. The van der Waals surface area contributed by atoms with Crippen LogP contribution in [-0.4, -0.2) is 55.1 Å². The molecule has 0 aliphatic heterocycles. The fourth-order valence-electron chi connectivity index (χ4n) is 3.62. The predicted octanol–water partition coefficient (Wildman–Crippen LogP) is 2.66. The van der Waals surface area contributed by atoms with E-state index in [-0.39, 0.29) is 44.2 Å². The molecule has 0 aromatic rings. The zero-order valence-corrected chi connectivity index (χ0v) is 24.3. The molecule has 8 nitrogen and oxygen atoms in total. The average molecular weight is 519 g/mol. The molecule has 2 N–H and O–H groups in total. The van der Waals surface area contributed by atoms with Crippen molar-refractivity contribution in [3.63, 3.8) is 0 Å². The van der Waals surface area contributed by atoms with E-state index in [0.717, 1.165) is 12.8 Å². The Hall–Kier alpha value is -0.190. The van der Waals surface area contributed by atoms with E-state index in [9.17, 15) is 18.0 Å². The number of carbonyl (C=O) groups excluding carboxylic acids is 1. The molecule has 0 saturated carbocycles. The zero-order chi connectivity index (χ0) is 24.8. The van der Waals surface area contributed by atoms with E-state index in [2.05, 4.69) is 6.92 Å². The second-order valence-electron chi connectivity index (χ2n) is 8.68. The van der Waals surface area contributed by atoms with Gasteiger partial charge in [-0.3, -0.25) is 14.1 Å². The summed E-state index contributed by atoms with van der Waals surface area (Å²) in [6, 6.07) is 0. The Bertz CT molecular complexity index is 604. The van der Waals surface area contributed by atoms with Crippen LogP contribution in [0.25, 0.3) is 0 Å². The zero-order valence-electron chi connectivity index (χ0n) is 22.5. The molecule has 0 spiro atoms. The van der Waals surface area contributed by atoms with Gasteiger partial charge in [0.15, 0.2) is 5.25 Å². The van der Waals surface area contributed by atoms with Crippen LogP contribution in [0.15, 0.2) is 0 Å². The van der Waals surface area contributed by atoms with Gasteiger partial charge in [0, 0.05) is 6.61 Å². The molecule has 198 valence electrons. The van der Waals surface area contributed by atoms with Crippen LogP contribution in [0.1, 0.15) is 118 Å². The molecule has 0 fully saturated rings. The molecule has 0 rings (SSSR count). The summed E-state index contributed by atoms with van der Waals surface area (Å²) in [6.45, 7) is 2.68. The van der Waals surface area contributed by atoms with Crippen molar-refractivity contribution in [3.05, 3.63) is 0 Å². The van der Waals surface area contributed by atoms with Gasteiger partial charge in [-0.2, -0.15) is 8.42 Å². The van der Waals surface area contributed by atoms with Crippen molar-refractivity contribution in [2.24, 2.45) is 0 Å². The summed E-state index contributed by atoms with van der Waals surface area (Å²) in [5, 5.41) is 6.51. The van der Waals surface area contributed by atoms with Crippen molar-refractivity contribution in [1.29, 1.82) is 0 Å². The van der Waals surface area contributed by atoms with E-state index in [1.54, 1.807) is 0 Å². The maximum absolute atomic E-state index is 11.6. The van der Waals surface area contributed by atoms with Crippen molar-refractivity contribution in [2.75, 3.05) is 19.8 Å². The minimum atomic E-state index is -4.83. The second kappa shape index (κ2) is 24.5. The molecular formula is C24H47NaO8S. The van der Waals surface area contributed by atoms with Gasteiger partial charge >= 0.3 is 41.5 Å². The van der Waals surface area contributed by atoms with Crippen molar-refractivity contribution < 1.29 is 68.1 Å². The molecule has 0 aromatic carbocycles. The summed E-state index contributed by atoms with van der Waals surface area (Å²) >= 11 is 0. The molecule has 0 aliphatic carbocycles. The molecule has 1 atom stereocenters. The van der Waals surface area contributed by atoms with E-state index in [1.165, 1.54) is 89.9 Å². The normalized spacial score (nSPS) is 12.2. The topological polar surface area (TPSA) is 127 Å². The first kappa shape index (κ1) is 36.0. The fraction of sp³-hybridized carbons (Fsp3) is 0.917. The monoisotopic (exact) mass is 518 g/mol. The maximum Gasteiger partial charge on any atom is 1.00 e. The van der Waals surface area contributed by atoms with Crippen LogP contribution in [0.3, 0.4) is 0 Å². The third kappa shape index (κ3) is 23.5. The van der Waals surface area contributed by atoms with Crippen LogP contribution in [-0.2, 0) is 29.2 Å². The Kier molecular flexibility index (Phi) is 25.9. The summed E-state index contributed by atoms with van der Waals surface area (Å²) in [5.41, 5.74) is 0. The summed E-state index contributed by atoms with van der Waals surface area (Å²) in [5.74, 6) is -2.81. The molecule has 1 unspecified atom stereocenters. The maximum atomic E-state index is 11.6. The third-order valence-corrected chi connectivity index (χ3v) is 6.67. The average Bonchev–Trinajstić information content (AvgIpc) is 2.75. The van der Waals surface area contributed by atoms with E-state index in [1.807, 2.05) is 0 Å². The van der Waals surface area contributed by atoms with Crippen LogP contribution in [0.2, 0.25) is 0 Å². The minimum absolute atomic E-state index is 0. The molecule has 0 radical (unpaired) electrons. The number of aliphatic carboxylic acids is 1. The van der Waals surface area contributed by atoms with Crippen LogP contribution in [0, 0.1) is 0 Å². The van der Waals surface area contributed by atoms with Crippen molar-refractivity contribution >= 4 is 22.1 Å². The van der Waals surface area contributed by atoms with Crippen molar-refractivity contribution in [3.8, 4) is 0 Å². The largest absolute Gasteiger partial charge is 1.00 e. The molecule has 0 aromatic heterocycles. The number of ether oxygens (including phenoxy) is 2. The summed E-state index contributed by atoms with van der Waals surface area (Å²) in [4.78, 5) is 22.2. The van der Waals surface area contributed by atoms with Crippen LogP contribution in [0.5, 0.6) is 0 Å². The van der Waals surface area contributed by atoms with Gasteiger partial charge in [0.05, 0.1) is 13.0 Å². The number of carbonyl (C=O) groups is 2. The van der Waals surface area contributed by atoms with E-state index in [4.69, 9.17) is 19.1 Å². The number of rotatable bonds is 24. The predicted molar refractivity (Wildman–Crippen MR) is 130 cm³/mol. The van der Waals surface area contributed by atoms with Gasteiger partial charge in [-0.05, 0) is 6.42 Å². The number of hydrogen-bond donors (Lipinski definition) is 2. The standard InChI is InChI=1S/C24H46O8S.Na.H/c1-2-3-4-5-6-7-8-9-10-11-12-13-14-15-16-17-18-31-19-20-32-24(27)22(21-23(25)26)33(28,29)30;;/h22H,2-21H2,1H3,(H,25,26)(H,28,29,30);;/q;+1;-1. The van der Waals surface area contributed by atoms with Crippen LogP contribution < -0.4 is 29.6 Å². The number of carboxylic acid groups (broad SMARTS) is 1. The smallest absolute Gasteiger partial charge is 1.00 e. The summed E-state index contributed by atoms with van der Waals surface area (Å²) in [7, 11) is -4.83. The van der Waals surface area contributed by atoms with Gasteiger partial charge in [-0.1, -0.05) is 103 Å². The van der Waals surface area contributed by atoms with Gasteiger partial charge in [0.25, 0.3) is 10.1 Å². The molecule has 0 heterocycles. The van der Waals surface area contributed by atoms with Gasteiger partial charge in [-0.15, -0.1) is 0 Å². The Morgan fingerprint density at radius 1 is 0.735 bits per heavy atom. The molecule has 10 heteroatoms. The Morgan fingerprint density at radius 2 is 1.15 bits per heavy atom. The van der Waals surface area contributed by atoms with Gasteiger partial charge in [0.2, 0.25) is 0 Å². The van der Waals surface area contributed by atoms with Gasteiger partial charge in [-0.25, -0.2) is 0 Å². The number of carboxylic acids is 1. The van der Waals surface area contributed by atoms with Crippen LogP contribution >= 0.6 is 0 Å². The molecular weight excluding hydrogens is 471 g/mol. The molecule has 0 amide bonds. The van der Waals surface area contributed by atoms with Gasteiger partial charge < -0.3 is 16.0 Å². The van der Waals surface area contributed by atoms with Gasteiger partial charge in [0.1, 0.15) is 6.61 Å². The van der Waals surface area contributed by atoms with E-state index in [0.29, 0.717) is 6.61 Å². The van der Waals surface area contributed by atoms with E-state index >= 15 is 0 Å². The first-order chi connectivity index (χ1) is 15.8. The Morgan fingerprint density at radius 3 is 1.53 bits per heavy atom. The van der Waals surface area contributed by atoms with Crippen molar-refractivity contribution in [1.82, 2.24) is 0 Å². The summed E-state index contributed by atoms with van der Waals surface area (Å²) < 4.78 is 41.1. The Balaban J connectivity index is -0.00000512. The van der Waals surface area contributed by atoms with E-state index < -0.39 is 33.7 Å². The fourth-order valence-corrected chi connectivity index (χ4v) is 4.28. The third-order valence-electron chi connectivity index (χ3n) is 5.60. The summed E-state index contributed by atoms with van der Waals surface area (Å²) in [6.07, 6.45) is 19.6. The first-order valence-electron chi connectivity index (χ1n) is 12.7. The second-order valence-corrected chi connectivity index (χ2v) is 10.3. The van der Waals surface area contributed by atoms with Crippen LogP contribution in [0.4, 0.5) is 0 Å². The number of unbranched alkanes of at least 4 members (excludes halogenated alkanes) is 15. The first-order valence-corrected chi connectivity index (χ1v) is 14.2. The number of hydrogen-bond acceptors (Lipinski definition) is 6. The molecule has 0 bridgehead atoms. The molecule has 34 heavy (non-hydrogen) atoms. The molecule has 0 saturated heterocycles. The van der Waals surface area contributed by atoms with Crippen molar-refractivity contribution in [2.45, 2.75) is 121 Å². The quantitative estimate of drug-likeness (QED) is 0.0864. The SMILES string of the molecule is CCCCCCCCCCCCCCCCCCOCCOC(=O)C(CC(=O)O)S(=O)(=O)O.[H-].[Na+].